The van der Waals surface area contributed by atoms with E-state index in [0.717, 1.165) is 11.3 Å². The van der Waals surface area contributed by atoms with Crippen molar-refractivity contribution in [2.75, 3.05) is 0 Å². The molecule has 4 heteroatoms. The van der Waals surface area contributed by atoms with Crippen LogP contribution in [0.25, 0.3) is 0 Å². The van der Waals surface area contributed by atoms with Gasteiger partial charge in [-0.05, 0) is 45.8 Å². The van der Waals surface area contributed by atoms with Crippen molar-refractivity contribution in [3.63, 3.8) is 0 Å². The van der Waals surface area contributed by atoms with Gasteiger partial charge in [-0.25, -0.2) is 0 Å². The lowest BCUT2D eigenvalue weighted by Crippen LogP contribution is -2.10. The Morgan fingerprint density at radius 1 is 1.13 bits per heavy atom. The molecule has 2 nitrogen and oxygen atoms in total. The lowest BCUT2D eigenvalue weighted by molar-refractivity contribution is 0.470. The number of hydrogen-bond acceptors (Lipinski definition) is 2. The Morgan fingerprint density at radius 3 is 2.33 bits per heavy atom. The Balaban J connectivity index is 2.28. The Bertz CT molecular complexity index is 452. The van der Waals surface area contributed by atoms with E-state index < -0.39 is 0 Å². The van der Waals surface area contributed by atoms with Gasteiger partial charge < -0.3 is 10.2 Å². The van der Waals surface area contributed by atoms with E-state index in [1.54, 1.807) is 0 Å². The summed E-state index contributed by atoms with van der Waals surface area (Å²) in [6.45, 7) is 0. The second-order valence-corrected chi connectivity index (χ2v) is 4.39. The molecule has 1 aromatic carbocycles. The zero-order valence-corrected chi connectivity index (χ0v) is 10.1. The molecular weight excluding hydrogens is 277 g/mol. The molecule has 0 aliphatic carbocycles. The van der Waals surface area contributed by atoms with E-state index in [4.69, 9.17) is 21.8 Å². The van der Waals surface area contributed by atoms with Crippen molar-refractivity contribution in [1.82, 2.24) is 0 Å². The summed E-state index contributed by atoms with van der Waals surface area (Å²) in [5.74, 6) is 0.726. The fourth-order valence-electron chi connectivity index (χ4n) is 1.33. The van der Waals surface area contributed by atoms with Crippen LogP contribution in [-0.2, 0) is 0 Å². The SMILES string of the molecule is NC(c1ccc(Cl)cc1)c1ccc(Br)o1. The van der Waals surface area contributed by atoms with E-state index in [1.165, 1.54) is 0 Å². The minimum Gasteiger partial charge on any atom is -0.452 e. The molecule has 0 spiro atoms. The van der Waals surface area contributed by atoms with Gasteiger partial charge in [0.05, 0.1) is 6.04 Å². The largest absolute Gasteiger partial charge is 0.452 e. The Hall–Kier alpha value is -0.770. The van der Waals surface area contributed by atoms with E-state index in [-0.39, 0.29) is 6.04 Å². The number of nitrogens with two attached hydrogens (primary N) is 1. The molecule has 0 saturated carbocycles. The third kappa shape index (κ3) is 2.43. The summed E-state index contributed by atoms with van der Waals surface area (Å²) in [5, 5.41) is 0.701. The molecule has 15 heavy (non-hydrogen) atoms. The number of halogens is 2. The highest BCUT2D eigenvalue weighted by atomic mass is 79.9. The van der Waals surface area contributed by atoms with Crippen molar-refractivity contribution in [3.05, 3.63) is 57.4 Å². The second-order valence-electron chi connectivity index (χ2n) is 3.17. The normalized spacial score (nSPS) is 12.7. The van der Waals surface area contributed by atoms with Gasteiger partial charge in [-0.15, -0.1) is 0 Å². The van der Waals surface area contributed by atoms with Crippen LogP contribution in [0.1, 0.15) is 17.4 Å². The maximum atomic E-state index is 6.02. The van der Waals surface area contributed by atoms with E-state index in [2.05, 4.69) is 15.9 Å². The van der Waals surface area contributed by atoms with Crippen LogP contribution in [0.3, 0.4) is 0 Å². The smallest absolute Gasteiger partial charge is 0.169 e. The van der Waals surface area contributed by atoms with Gasteiger partial charge in [0.15, 0.2) is 4.67 Å². The van der Waals surface area contributed by atoms with E-state index in [0.29, 0.717) is 9.69 Å². The Labute approximate surface area is 101 Å². The molecule has 0 saturated heterocycles. The minimum absolute atomic E-state index is 0.256. The fourth-order valence-corrected chi connectivity index (χ4v) is 1.77. The van der Waals surface area contributed by atoms with Gasteiger partial charge in [-0.1, -0.05) is 23.7 Å². The average Bonchev–Trinajstić information content (AvgIpc) is 2.65. The molecule has 2 N–H and O–H groups in total. The van der Waals surface area contributed by atoms with Crippen LogP contribution in [-0.4, -0.2) is 0 Å². The van der Waals surface area contributed by atoms with Crippen LogP contribution in [0, 0.1) is 0 Å². The van der Waals surface area contributed by atoms with E-state index >= 15 is 0 Å². The lowest BCUT2D eigenvalue weighted by atomic mass is 10.1. The molecule has 0 amide bonds. The van der Waals surface area contributed by atoms with E-state index in [1.807, 2.05) is 36.4 Å². The summed E-state index contributed by atoms with van der Waals surface area (Å²) in [7, 11) is 0. The summed E-state index contributed by atoms with van der Waals surface area (Å²) < 4.78 is 6.07. The van der Waals surface area contributed by atoms with Crippen LogP contribution in [0.4, 0.5) is 0 Å². The summed E-state index contributed by atoms with van der Waals surface area (Å²) in [4.78, 5) is 0. The summed E-state index contributed by atoms with van der Waals surface area (Å²) in [6, 6.07) is 10.8. The average molecular weight is 287 g/mol. The van der Waals surface area contributed by atoms with Crippen LogP contribution < -0.4 is 5.73 Å². The van der Waals surface area contributed by atoms with Crippen molar-refractivity contribution in [3.8, 4) is 0 Å². The van der Waals surface area contributed by atoms with Crippen LogP contribution >= 0.6 is 27.5 Å². The quantitative estimate of drug-likeness (QED) is 0.913. The fraction of sp³-hybridized carbons (Fsp3) is 0.0909. The maximum absolute atomic E-state index is 6.02. The molecule has 0 radical (unpaired) electrons. The highest BCUT2D eigenvalue weighted by molar-refractivity contribution is 9.10. The predicted molar refractivity (Wildman–Crippen MR) is 63.9 cm³/mol. The second kappa shape index (κ2) is 4.39. The highest BCUT2D eigenvalue weighted by Gasteiger charge is 2.12. The first-order chi connectivity index (χ1) is 7.16. The van der Waals surface area contributed by atoms with Gasteiger partial charge >= 0.3 is 0 Å². The lowest BCUT2D eigenvalue weighted by Gasteiger charge is -2.08. The van der Waals surface area contributed by atoms with Gasteiger partial charge in [0.1, 0.15) is 5.76 Å². The predicted octanol–water partition coefficient (Wildman–Crippen LogP) is 3.74. The van der Waals surface area contributed by atoms with Crippen LogP contribution in [0.2, 0.25) is 5.02 Å². The third-order valence-corrected chi connectivity index (χ3v) is 2.81. The first-order valence-electron chi connectivity index (χ1n) is 4.43. The number of benzene rings is 1. The summed E-state index contributed by atoms with van der Waals surface area (Å²) in [5.41, 5.74) is 7.00. The van der Waals surface area contributed by atoms with Crippen molar-refractivity contribution < 1.29 is 4.42 Å². The van der Waals surface area contributed by atoms with Gasteiger partial charge in [-0.2, -0.15) is 0 Å². The van der Waals surface area contributed by atoms with Gasteiger partial charge in [0.2, 0.25) is 0 Å². The van der Waals surface area contributed by atoms with Gasteiger partial charge in [-0.3, -0.25) is 0 Å². The molecule has 0 fully saturated rings. The topological polar surface area (TPSA) is 39.2 Å². The standard InChI is InChI=1S/C11H9BrClNO/c12-10-6-5-9(15-10)11(14)7-1-3-8(13)4-2-7/h1-6,11H,14H2. The first kappa shape index (κ1) is 10.7. The highest BCUT2D eigenvalue weighted by Crippen LogP contribution is 2.24. The van der Waals surface area contributed by atoms with Crippen molar-refractivity contribution >= 4 is 27.5 Å². The molecule has 2 rings (SSSR count). The van der Waals surface area contributed by atoms with E-state index in [9.17, 15) is 0 Å². The molecule has 1 heterocycles. The Morgan fingerprint density at radius 2 is 1.80 bits per heavy atom. The summed E-state index contributed by atoms with van der Waals surface area (Å²) in [6.07, 6.45) is 0. The number of rotatable bonds is 2. The number of hydrogen-bond donors (Lipinski definition) is 1. The van der Waals surface area contributed by atoms with Gasteiger partial charge in [0.25, 0.3) is 0 Å². The Kier molecular flexibility index (Phi) is 3.14. The molecule has 1 unspecified atom stereocenters. The van der Waals surface area contributed by atoms with Crippen LogP contribution in [0.15, 0.2) is 45.5 Å². The molecule has 0 bridgehead atoms. The molecule has 0 aliphatic rings. The molecular formula is C11H9BrClNO. The zero-order chi connectivity index (χ0) is 10.8. The van der Waals surface area contributed by atoms with Gasteiger partial charge in [0, 0.05) is 5.02 Å². The van der Waals surface area contributed by atoms with Crippen LogP contribution in [0.5, 0.6) is 0 Å². The molecule has 0 aliphatic heterocycles. The molecule has 1 aromatic heterocycles. The molecule has 2 aromatic rings. The van der Waals surface area contributed by atoms with Crippen molar-refractivity contribution in [2.45, 2.75) is 6.04 Å². The summed E-state index contributed by atoms with van der Waals surface area (Å²) >= 11 is 9.04. The molecule has 1 atom stereocenters. The van der Waals surface area contributed by atoms with Crippen molar-refractivity contribution in [2.24, 2.45) is 5.73 Å². The third-order valence-electron chi connectivity index (χ3n) is 2.13. The minimum atomic E-state index is -0.256. The number of furan rings is 1. The maximum Gasteiger partial charge on any atom is 0.169 e. The van der Waals surface area contributed by atoms with Crippen molar-refractivity contribution in [1.29, 1.82) is 0 Å². The monoisotopic (exact) mass is 285 g/mol. The zero-order valence-electron chi connectivity index (χ0n) is 7.78. The first-order valence-corrected chi connectivity index (χ1v) is 5.60. The molecule has 78 valence electrons.